The summed E-state index contributed by atoms with van der Waals surface area (Å²) >= 11 is 0. The van der Waals surface area contributed by atoms with Gasteiger partial charge < -0.3 is 15.4 Å². The quantitative estimate of drug-likeness (QED) is 0.523. The smallest absolute Gasteiger partial charge is 0.353 e. The molecule has 1 aromatic heterocycles. The normalized spacial score (nSPS) is 10.6. The fourth-order valence-corrected chi connectivity index (χ4v) is 2.23. The number of aromatic nitrogens is 2. The number of ether oxygens (including phenoxy) is 1. The van der Waals surface area contributed by atoms with Gasteiger partial charge in [-0.1, -0.05) is 26.0 Å². The molecule has 0 radical (unpaired) electrons. The van der Waals surface area contributed by atoms with Crippen molar-refractivity contribution in [1.29, 1.82) is 0 Å². The summed E-state index contributed by atoms with van der Waals surface area (Å²) in [7, 11) is 0. The maximum atomic E-state index is 11.6. The molecule has 2 rings (SSSR count). The van der Waals surface area contributed by atoms with Crippen molar-refractivity contribution < 1.29 is 9.66 Å². The fraction of sp³-hybridized carbons (Fsp3) is 0.412. The minimum Gasteiger partial charge on any atom is -0.492 e. The Hall–Kier alpha value is -2.90. The van der Waals surface area contributed by atoms with Crippen molar-refractivity contribution in [3.63, 3.8) is 0 Å². The first-order chi connectivity index (χ1) is 12.0. The van der Waals surface area contributed by atoms with Crippen LogP contribution in [0.5, 0.6) is 5.75 Å². The van der Waals surface area contributed by atoms with Crippen LogP contribution in [0.25, 0.3) is 0 Å². The molecule has 0 unspecified atom stereocenters. The maximum Gasteiger partial charge on any atom is 0.353 e. The largest absolute Gasteiger partial charge is 0.492 e. The molecule has 134 valence electrons. The highest BCUT2D eigenvalue weighted by molar-refractivity contribution is 5.75. The molecule has 0 fully saturated rings. The Morgan fingerprint density at radius 2 is 1.96 bits per heavy atom. The predicted molar refractivity (Wildman–Crippen MR) is 97.5 cm³/mol. The predicted octanol–water partition coefficient (Wildman–Crippen LogP) is 3.99. The molecule has 2 N–H and O–H groups in total. The van der Waals surface area contributed by atoms with Gasteiger partial charge in [-0.15, -0.1) is 0 Å². The molecular weight excluding hydrogens is 322 g/mol. The van der Waals surface area contributed by atoms with Crippen molar-refractivity contribution in [2.24, 2.45) is 5.92 Å². The fourth-order valence-electron chi connectivity index (χ4n) is 2.23. The van der Waals surface area contributed by atoms with Crippen molar-refractivity contribution in [3.8, 4) is 5.75 Å². The highest BCUT2D eigenvalue weighted by Gasteiger charge is 2.23. The summed E-state index contributed by atoms with van der Waals surface area (Å²) in [4.78, 5) is 19.1. The molecule has 8 heteroatoms. The van der Waals surface area contributed by atoms with Gasteiger partial charge in [0.1, 0.15) is 12.1 Å². The SMILES string of the molecule is CCOc1ccccc1Nc1ncnc(NCCC(C)C)c1[N+](=O)[O-]. The molecule has 0 saturated heterocycles. The van der Waals surface area contributed by atoms with E-state index >= 15 is 0 Å². The number of hydrogen-bond acceptors (Lipinski definition) is 7. The third-order valence-electron chi connectivity index (χ3n) is 3.46. The van der Waals surface area contributed by atoms with E-state index in [1.807, 2.05) is 19.1 Å². The Morgan fingerprint density at radius 1 is 1.24 bits per heavy atom. The Labute approximate surface area is 146 Å². The molecule has 8 nitrogen and oxygen atoms in total. The number of benzene rings is 1. The van der Waals surface area contributed by atoms with Gasteiger partial charge in [0.05, 0.1) is 17.2 Å². The zero-order valence-electron chi connectivity index (χ0n) is 14.7. The van der Waals surface area contributed by atoms with Crippen molar-refractivity contribution >= 4 is 23.0 Å². The van der Waals surface area contributed by atoms with Gasteiger partial charge in [0.15, 0.2) is 0 Å². The van der Waals surface area contributed by atoms with Crippen LogP contribution < -0.4 is 15.4 Å². The van der Waals surface area contributed by atoms with Gasteiger partial charge in [0.2, 0.25) is 11.6 Å². The van der Waals surface area contributed by atoms with Gasteiger partial charge in [-0.05, 0) is 31.4 Å². The van der Waals surface area contributed by atoms with Crippen LogP contribution in [0.4, 0.5) is 23.0 Å². The van der Waals surface area contributed by atoms with E-state index in [4.69, 9.17) is 4.74 Å². The molecule has 0 atom stereocenters. The second-order valence-corrected chi connectivity index (χ2v) is 5.84. The molecule has 0 spiro atoms. The zero-order chi connectivity index (χ0) is 18.2. The van der Waals surface area contributed by atoms with Crippen LogP contribution in [0, 0.1) is 16.0 Å². The summed E-state index contributed by atoms with van der Waals surface area (Å²) in [6, 6.07) is 7.23. The molecule has 0 amide bonds. The maximum absolute atomic E-state index is 11.6. The number of hydrogen-bond donors (Lipinski definition) is 2. The van der Waals surface area contributed by atoms with Crippen LogP contribution in [0.1, 0.15) is 27.2 Å². The summed E-state index contributed by atoms with van der Waals surface area (Å²) in [5.41, 5.74) is 0.428. The van der Waals surface area contributed by atoms with E-state index in [1.54, 1.807) is 12.1 Å². The lowest BCUT2D eigenvalue weighted by molar-refractivity contribution is -0.383. The zero-order valence-corrected chi connectivity index (χ0v) is 14.7. The van der Waals surface area contributed by atoms with E-state index < -0.39 is 4.92 Å². The lowest BCUT2D eigenvalue weighted by Gasteiger charge is -2.13. The van der Waals surface area contributed by atoms with Crippen LogP contribution in [0.2, 0.25) is 0 Å². The number of anilines is 3. The average Bonchev–Trinajstić information content (AvgIpc) is 2.56. The van der Waals surface area contributed by atoms with Crippen molar-refractivity contribution in [1.82, 2.24) is 9.97 Å². The van der Waals surface area contributed by atoms with Crippen LogP contribution >= 0.6 is 0 Å². The first-order valence-corrected chi connectivity index (χ1v) is 8.25. The van der Waals surface area contributed by atoms with Crippen LogP contribution in [0.15, 0.2) is 30.6 Å². The second kappa shape index (κ2) is 8.81. The molecule has 0 bridgehead atoms. The Bertz CT molecular complexity index is 721. The lowest BCUT2D eigenvalue weighted by atomic mass is 10.1. The summed E-state index contributed by atoms with van der Waals surface area (Å²) in [6.45, 7) is 7.15. The van der Waals surface area contributed by atoms with Gasteiger partial charge in [-0.25, -0.2) is 9.97 Å². The standard InChI is InChI=1S/C17H23N5O3/c1-4-25-14-8-6-5-7-13(14)21-17-15(22(23)24)16(19-11-20-17)18-10-9-12(2)3/h5-8,11-12H,4,9-10H2,1-3H3,(H2,18,19,20,21). The molecule has 2 aromatic rings. The van der Waals surface area contributed by atoms with Gasteiger partial charge in [0, 0.05) is 6.54 Å². The highest BCUT2D eigenvalue weighted by atomic mass is 16.6. The molecule has 0 aliphatic heterocycles. The van der Waals surface area contributed by atoms with E-state index in [9.17, 15) is 10.1 Å². The van der Waals surface area contributed by atoms with Crippen molar-refractivity contribution in [2.75, 3.05) is 23.8 Å². The lowest BCUT2D eigenvalue weighted by Crippen LogP contribution is -2.10. The molecule has 0 aliphatic rings. The first-order valence-electron chi connectivity index (χ1n) is 8.25. The molecule has 0 aliphatic carbocycles. The number of rotatable bonds is 9. The van der Waals surface area contributed by atoms with Crippen molar-refractivity contribution in [3.05, 3.63) is 40.7 Å². The topological polar surface area (TPSA) is 102 Å². The first kappa shape index (κ1) is 18.4. The summed E-state index contributed by atoms with van der Waals surface area (Å²) in [5.74, 6) is 1.42. The highest BCUT2D eigenvalue weighted by Crippen LogP contribution is 2.34. The third kappa shape index (κ3) is 5.03. The molecular formula is C17H23N5O3. The van der Waals surface area contributed by atoms with E-state index in [0.717, 1.165) is 6.42 Å². The van der Waals surface area contributed by atoms with Gasteiger partial charge in [0.25, 0.3) is 0 Å². The van der Waals surface area contributed by atoms with Gasteiger partial charge >= 0.3 is 5.69 Å². The number of nitrogens with one attached hydrogen (secondary N) is 2. The monoisotopic (exact) mass is 345 g/mol. The second-order valence-electron chi connectivity index (χ2n) is 5.84. The number of nitrogens with zero attached hydrogens (tertiary/aromatic N) is 3. The number of nitro groups is 1. The average molecular weight is 345 g/mol. The summed E-state index contributed by atoms with van der Waals surface area (Å²) in [6.07, 6.45) is 2.19. The van der Waals surface area contributed by atoms with Crippen molar-refractivity contribution in [2.45, 2.75) is 27.2 Å². The molecule has 25 heavy (non-hydrogen) atoms. The van der Waals surface area contributed by atoms with E-state index in [0.29, 0.717) is 30.5 Å². The molecule has 0 saturated carbocycles. The van der Waals surface area contributed by atoms with E-state index in [-0.39, 0.29) is 17.3 Å². The Balaban J connectivity index is 2.30. The minimum atomic E-state index is -0.483. The van der Waals surface area contributed by atoms with Crippen LogP contribution in [0.3, 0.4) is 0 Å². The Kier molecular flexibility index (Phi) is 6.50. The van der Waals surface area contributed by atoms with E-state index in [1.165, 1.54) is 6.33 Å². The van der Waals surface area contributed by atoms with Crippen LogP contribution in [-0.4, -0.2) is 28.0 Å². The van der Waals surface area contributed by atoms with Gasteiger partial charge in [-0.3, -0.25) is 10.1 Å². The minimum absolute atomic E-state index is 0.124. The Morgan fingerprint density at radius 3 is 2.64 bits per heavy atom. The third-order valence-corrected chi connectivity index (χ3v) is 3.46. The summed E-state index contributed by atoms with van der Waals surface area (Å²) in [5, 5.41) is 17.6. The summed E-state index contributed by atoms with van der Waals surface area (Å²) < 4.78 is 5.54. The van der Waals surface area contributed by atoms with Crippen LogP contribution in [-0.2, 0) is 0 Å². The number of para-hydroxylation sites is 2. The van der Waals surface area contributed by atoms with Gasteiger partial charge in [-0.2, -0.15) is 0 Å². The van der Waals surface area contributed by atoms with E-state index in [2.05, 4.69) is 34.4 Å². The molecule has 1 heterocycles. The molecule has 1 aromatic carbocycles.